The van der Waals surface area contributed by atoms with E-state index < -0.39 is 5.97 Å². The lowest BCUT2D eigenvalue weighted by molar-refractivity contribution is -0.135. The average Bonchev–Trinajstić information content (AvgIpc) is 3.09. The fraction of sp³-hybridized carbons (Fsp3) is 0.400. The molecule has 1 aromatic heterocycles. The highest BCUT2D eigenvalue weighted by Crippen LogP contribution is 2.31. The number of rotatable bonds is 4. The van der Waals surface area contributed by atoms with Crippen molar-refractivity contribution >= 4 is 11.8 Å². The first kappa shape index (κ1) is 10.4. The largest absolute Gasteiger partial charge is 0.480 e. The number of carbonyl (C=O) groups is 1. The zero-order valence-corrected chi connectivity index (χ0v) is 8.50. The van der Waals surface area contributed by atoms with Gasteiger partial charge in [0.25, 0.3) is 0 Å². The first-order valence-electron chi connectivity index (χ1n) is 4.92. The van der Waals surface area contributed by atoms with E-state index in [1.54, 1.807) is 11.0 Å². The topological polar surface area (TPSA) is 90.1 Å². The molecule has 0 radical (unpaired) electrons. The summed E-state index contributed by atoms with van der Waals surface area (Å²) in [6.45, 7) is -0.141. The molecule has 1 fully saturated rings. The molecule has 82 valence electrons. The second-order valence-electron chi connectivity index (χ2n) is 3.63. The van der Waals surface area contributed by atoms with E-state index in [1.807, 2.05) is 6.07 Å². The second kappa shape index (κ2) is 4.14. The fourth-order valence-electron chi connectivity index (χ4n) is 1.53. The van der Waals surface area contributed by atoms with Crippen LogP contribution >= 0.6 is 0 Å². The van der Waals surface area contributed by atoms with Gasteiger partial charge >= 0.3 is 5.97 Å². The summed E-state index contributed by atoms with van der Waals surface area (Å²) in [6.07, 6.45) is 3.30. The van der Waals surface area contributed by atoms with Crippen LogP contribution < -0.4 is 4.90 Å². The Morgan fingerprint density at radius 2 is 2.44 bits per heavy atom. The summed E-state index contributed by atoms with van der Waals surface area (Å²) in [5, 5.41) is 25.3. The summed E-state index contributed by atoms with van der Waals surface area (Å²) in [5.74, 6) is -0.559. The highest BCUT2D eigenvalue weighted by molar-refractivity contribution is 5.74. The number of carboxylic acids is 1. The van der Waals surface area contributed by atoms with Crippen LogP contribution in [0.2, 0.25) is 0 Å². The molecule has 0 spiro atoms. The van der Waals surface area contributed by atoms with E-state index in [4.69, 9.17) is 10.4 Å². The Morgan fingerprint density at radius 3 is 3.00 bits per heavy atom. The van der Waals surface area contributed by atoms with Crippen molar-refractivity contribution in [2.75, 3.05) is 11.4 Å². The van der Waals surface area contributed by atoms with Crippen LogP contribution in [0.3, 0.4) is 0 Å². The van der Waals surface area contributed by atoms with Crippen molar-refractivity contribution in [3.05, 3.63) is 17.8 Å². The molecule has 1 aliphatic rings. The maximum Gasteiger partial charge on any atom is 0.323 e. The zero-order chi connectivity index (χ0) is 11.5. The molecule has 0 aliphatic heterocycles. The molecular formula is C10H10N4O2. The number of nitriles is 1. The fourth-order valence-corrected chi connectivity index (χ4v) is 1.53. The van der Waals surface area contributed by atoms with Gasteiger partial charge < -0.3 is 10.0 Å². The predicted molar refractivity (Wildman–Crippen MR) is 54.8 cm³/mol. The van der Waals surface area contributed by atoms with Crippen LogP contribution in [0.4, 0.5) is 5.82 Å². The number of anilines is 1. The van der Waals surface area contributed by atoms with Gasteiger partial charge in [-0.25, -0.2) is 0 Å². The summed E-state index contributed by atoms with van der Waals surface area (Å²) >= 11 is 0. The SMILES string of the molecule is N#Cc1ccnnc1N(CC(=O)O)C1CC1. The molecule has 0 amide bonds. The molecule has 0 unspecified atom stereocenters. The molecule has 1 heterocycles. The molecule has 2 rings (SSSR count). The molecule has 1 saturated carbocycles. The van der Waals surface area contributed by atoms with Crippen LogP contribution in [0.15, 0.2) is 12.3 Å². The van der Waals surface area contributed by atoms with E-state index in [9.17, 15) is 4.79 Å². The summed E-state index contributed by atoms with van der Waals surface area (Å²) < 4.78 is 0. The minimum atomic E-state index is -0.929. The number of nitrogens with zero attached hydrogens (tertiary/aromatic N) is 4. The summed E-state index contributed by atoms with van der Waals surface area (Å²) in [5.41, 5.74) is 0.364. The molecule has 0 saturated heterocycles. The van der Waals surface area contributed by atoms with Crippen LogP contribution in [0.25, 0.3) is 0 Å². The monoisotopic (exact) mass is 218 g/mol. The average molecular weight is 218 g/mol. The number of carboxylic acid groups (broad SMARTS) is 1. The van der Waals surface area contributed by atoms with Gasteiger partial charge in [-0.2, -0.15) is 10.4 Å². The smallest absolute Gasteiger partial charge is 0.323 e. The van der Waals surface area contributed by atoms with Crippen molar-refractivity contribution in [3.63, 3.8) is 0 Å². The van der Waals surface area contributed by atoms with Gasteiger partial charge in [0.2, 0.25) is 0 Å². The maximum absolute atomic E-state index is 10.7. The van der Waals surface area contributed by atoms with Crippen LogP contribution in [0.1, 0.15) is 18.4 Å². The van der Waals surface area contributed by atoms with Gasteiger partial charge in [-0.1, -0.05) is 0 Å². The predicted octanol–water partition coefficient (Wildman–Crippen LogP) is 0.402. The minimum absolute atomic E-state index is 0.141. The van der Waals surface area contributed by atoms with Gasteiger partial charge in [-0.05, 0) is 18.9 Å². The third-order valence-corrected chi connectivity index (χ3v) is 2.39. The third-order valence-electron chi connectivity index (χ3n) is 2.39. The molecule has 6 nitrogen and oxygen atoms in total. The van der Waals surface area contributed by atoms with Crippen LogP contribution in [0, 0.1) is 11.3 Å². The lowest BCUT2D eigenvalue weighted by Crippen LogP contribution is -2.33. The normalized spacial score (nSPS) is 14.2. The third kappa shape index (κ3) is 2.08. The molecule has 1 aliphatic carbocycles. The maximum atomic E-state index is 10.7. The molecule has 0 bridgehead atoms. The van der Waals surface area contributed by atoms with Crippen molar-refractivity contribution in [3.8, 4) is 6.07 Å². The Hall–Kier alpha value is -2.16. The van der Waals surface area contributed by atoms with E-state index in [0.29, 0.717) is 11.4 Å². The molecule has 0 atom stereocenters. The van der Waals surface area contributed by atoms with E-state index >= 15 is 0 Å². The highest BCUT2D eigenvalue weighted by Gasteiger charge is 2.32. The Kier molecular flexibility index (Phi) is 2.68. The van der Waals surface area contributed by atoms with E-state index in [0.717, 1.165) is 12.8 Å². The van der Waals surface area contributed by atoms with Crippen LogP contribution in [0.5, 0.6) is 0 Å². The Labute approximate surface area is 92.1 Å². The van der Waals surface area contributed by atoms with Crippen molar-refractivity contribution in [2.45, 2.75) is 18.9 Å². The summed E-state index contributed by atoms with van der Waals surface area (Å²) in [6, 6.07) is 3.72. The lowest BCUT2D eigenvalue weighted by Gasteiger charge is -2.21. The van der Waals surface area contributed by atoms with Gasteiger partial charge in [-0.15, -0.1) is 5.10 Å². The minimum Gasteiger partial charge on any atom is -0.480 e. The highest BCUT2D eigenvalue weighted by atomic mass is 16.4. The number of hydrogen-bond donors (Lipinski definition) is 1. The Morgan fingerprint density at radius 1 is 1.69 bits per heavy atom. The molecular weight excluding hydrogens is 208 g/mol. The molecule has 16 heavy (non-hydrogen) atoms. The number of hydrogen-bond acceptors (Lipinski definition) is 5. The number of aliphatic carboxylic acids is 1. The summed E-state index contributed by atoms with van der Waals surface area (Å²) in [7, 11) is 0. The first-order valence-corrected chi connectivity index (χ1v) is 4.92. The van der Waals surface area contributed by atoms with Gasteiger partial charge in [0.1, 0.15) is 12.6 Å². The number of aromatic nitrogens is 2. The van der Waals surface area contributed by atoms with Crippen molar-refractivity contribution < 1.29 is 9.90 Å². The summed E-state index contributed by atoms with van der Waals surface area (Å²) in [4.78, 5) is 12.4. The first-order chi connectivity index (χ1) is 7.72. The molecule has 1 aromatic rings. The molecule has 1 N–H and O–H groups in total. The van der Waals surface area contributed by atoms with E-state index in [-0.39, 0.29) is 12.6 Å². The zero-order valence-electron chi connectivity index (χ0n) is 8.50. The van der Waals surface area contributed by atoms with Crippen LogP contribution in [-0.4, -0.2) is 33.9 Å². The Bertz CT molecular complexity index is 450. The van der Waals surface area contributed by atoms with Gasteiger partial charge in [0.05, 0.1) is 11.8 Å². The van der Waals surface area contributed by atoms with Crippen molar-refractivity contribution in [1.82, 2.24) is 10.2 Å². The van der Waals surface area contributed by atoms with Gasteiger partial charge in [-0.3, -0.25) is 4.79 Å². The molecule has 6 heteroatoms. The second-order valence-corrected chi connectivity index (χ2v) is 3.63. The van der Waals surface area contributed by atoms with Gasteiger partial charge in [0, 0.05) is 6.04 Å². The quantitative estimate of drug-likeness (QED) is 0.786. The van der Waals surface area contributed by atoms with Crippen LogP contribution in [-0.2, 0) is 4.79 Å². The molecule has 0 aromatic carbocycles. The van der Waals surface area contributed by atoms with Crippen molar-refractivity contribution in [2.24, 2.45) is 0 Å². The van der Waals surface area contributed by atoms with E-state index in [2.05, 4.69) is 10.2 Å². The standard InChI is InChI=1S/C10H10N4O2/c11-5-7-3-4-12-13-10(7)14(6-9(15)16)8-1-2-8/h3-4,8H,1-2,6H2,(H,15,16). The van der Waals surface area contributed by atoms with E-state index in [1.165, 1.54) is 6.20 Å². The van der Waals surface area contributed by atoms with Crippen molar-refractivity contribution in [1.29, 1.82) is 5.26 Å². The lowest BCUT2D eigenvalue weighted by atomic mass is 10.3. The van der Waals surface area contributed by atoms with Gasteiger partial charge in [0.15, 0.2) is 5.82 Å². The Balaban J connectivity index is 2.31.